The zero-order valence-corrected chi connectivity index (χ0v) is 11.2. The van der Waals surface area contributed by atoms with E-state index in [0.717, 1.165) is 25.0 Å². The molecule has 0 bridgehead atoms. The first-order valence-electron chi connectivity index (χ1n) is 6.08. The molecule has 1 rings (SSSR count). The van der Waals surface area contributed by atoms with Gasteiger partial charge in [0.25, 0.3) is 5.91 Å². The van der Waals surface area contributed by atoms with Crippen molar-refractivity contribution in [3.05, 3.63) is 23.7 Å². The van der Waals surface area contributed by atoms with E-state index in [1.54, 1.807) is 12.1 Å². The predicted octanol–water partition coefficient (Wildman–Crippen LogP) is 3.36. The Kier molecular flexibility index (Phi) is 6.12. The quantitative estimate of drug-likeness (QED) is 0.761. The molecule has 1 amide bonds. The van der Waals surface area contributed by atoms with Crippen molar-refractivity contribution in [2.75, 3.05) is 12.4 Å². The highest BCUT2D eigenvalue weighted by Crippen LogP contribution is 2.12. The summed E-state index contributed by atoms with van der Waals surface area (Å²) in [5.41, 5.74) is 0. The molecule has 1 unspecified atom stereocenters. The highest BCUT2D eigenvalue weighted by atomic mass is 35.5. The van der Waals surface area contributed by atoms with Crippen LogP contribution in [0.4, 0.5) is 0 Å². The molecule has 1 heterocycles. The molecular formula is C13H20ClNO2. The summed E-state index contributed by atoms with van der Waals surface area (Å²) in [5.74, 6) is 2.08. The van der Waals surface area contributed by atoms with Crippen molar-refractivity contribution in [1.82, 2.24) is 5.32 Å². The third-order valence-corrected chi connectivity index (χ3v) is 2.95. The number of halogens is 1. The maximum atomic E-state index is 11.7. The molecule has 1 atom stereocenters. The number of amides is 1. The van der Waals surface area contributed by atoms with Crippen molar-refractivity contribution in [3.63, 3.8) is 0 Å². The van der Waals surface area contributed by atoms with Crippen LogP contribution in [0.2, 0.25) is 0 Å². The van der Waals surface area contributed by atoms with Gasteiger partial charge in [-0.05, 0) is 37.8 Å². The number of carbonyl (C=O) groups excluding carboxylic acids is 1. The molecule has 1 aromatic rings. The lowest BCUT2D eigenvalue weighted by molar-refractivity contribution is 0.0917. The number of hydrogen-bond acceptors (Lipinski definition) is 2. The number of carbonyl (C=O) groups is 1. The van der Waals surface area contributed by atoms with Crippen molar-refractivity contribution in [1.29, 1.82) is 0 Å². The predicted molar refractivity (Wildman–Crippen MR) is 69.5 cm³/mol. The standard InChI is InChI=1S/C13H20ClNO2/c1-3-4-11(7-8-14)9-15-13(16)12-6-5-10(2)17-12/h5-6,11H,3-4,7-9H2,1-2H3,(H,15,16). The largest absolute Gasteiger partial charge is 0.456 e. The second-order valence-electron chi connectivity index (χ2n) is 4.25. The van der Waals surface area contributed by atoms with Gasteiger partial charge in [-0.25, -0.2) is 0 Å². The zero-order valence-electron chi connectivity index (χ0n) is 10.5. The first-order chi connectivity index (χ1) is 8.17. The van der Waals surface area contributed by atoms with Crippen LogP contribution in [0, 0.1) is 12.8 Å². The van der Waals surface area contributed by atoms with Crippen molar-refractivity contribution in [2.24, 2.45) is 5.92 Å². The highest BCUT2D eigenvalue weighted by Gasteiger charge is 2.12. The Morgan fingerprint density at radius 2 is 2.24 bits per heavy atom. The van der Waals surface area contributed by atoms with Crippen LogP contribution in [-0.2, 0) is 0 Å². The lowest BCUT2D eigenvalue weighted by Gasteiger charge is -2.14. The van der Waals surface area contributed by atoms with Crippen LogP contribution in [0.5, 0.6) is 0 Å². The Hall–Kier alpha value is -0.960. The third-order valence-electron chi connectivity index (χ3n) is 2.73. The van der Waals surface area contributed by atoms with Crippen LogP contribution in [0.1, 0.15) is 42.5 Å². The van der Waals surface area contributed by atoms with E-state index in [1.165, 1.54) is 0 Å². The van der Waals surface area contributed by atoms with Gasteiger partial charge in [-0.1, -0.05) is 13.3 Å². The smallest absolute Gasteiger partial charge is 0.287 e. The van der Waals surface area contributed by atoms with Gasteiger partial charge in [0.15, 0.2) is 5.76 Å². The molecule has 96 valence electrons. The lowest BCUT2D eigenvalue weighted by Crippen LogP contribution is -2.29. The van der Waals surface area contributed by atoms with Crippen LogP contribution in [0.15, 0.2) is 16.5 Å². The maximum absolute atomic E-state index is 11.7. The molecule has 0 fully saturated rings. The topological polar surface area (TPSA) is 42.2 Å². The van der Waals surface area contributed by atoms with Crippen LogP contribution >= 0.6 is 11.6 Å². The van der Waals surface area contributed by atoms with E-state index < -0.39 is 0 Å². The fraction of sp³-hybridized carbons (Fsp3) is 0.615. The molecule has 0 saturated heterocycles. The minimum Gasteiger partial charge on any atom is -0.456 e. The van der Waals surface area contributed by atoms with Crippen LogP contribution < -0.4 is 5.32 Å². The van der Waals surface area contributed by atoms with E-state index in [0.29, 0.717) is 24.1 Å². The van der Waals surface area contributed by atoms with Gasteiger partial charge < -0.3 is 9.73 Å². The third kappa shape index (κ3) is 4.82. The average Bonchev–Trinajstić information content (AvgIpc) is 2.73. The summed E-state index contributed by atoms with van der Waals surface area (Å²) in [6.07, 6.45) is 3.13. The number of alkyl halides is 1. The first kappa shape index (κ1) is 14.1. The molecule has 17 heavy (non-hydrogen) atoms. The van der Waals surface area contributed by atoms with Crippen molar-refractivity contribution < 1.29 is 9.21 Å². The number of aryl methyl sites for hydroxylation is 1. The maximum Gasteiger partial charge on any atom is 0.287 e. The molecule has 1 aromatic heterocycles. The van der Waals surface area contributed by atoms with E-state index in [1.807, 2.05) is 6.92 Å². The van der Waals surface area contributed by atoms with E-state index in [2.05, 4.69) is 12.2 Å². The summed E-state index contributed by atoms with van der Waals surface area (Å²) in [7, 11) is 0. The molecule has 0 radical (unpaired) electrons. The summed E-state index contributed by atoms with van der Waals surface area (Å²) in [6.45, 7) is 4.63. The number of nitrogens with one attached hydrogen (secondary N) is 1. The van der Waals surface area contributed by atoms with Crippen LogP contribution in [0.25, 0.3) is 0 Å². The van der Waals surface area contributed by atoms with E-state index in [-0.39, 0.29) is 5.91 Å². The summed E-state index contributed by atoms with van der Waals surface area (Å²) < 4.78 is 5.26. The van der Waals surface area contributed by atoms with Gasteiger partial charge in [0.1, 0.15) is 5.76 Å². The molecule has 0 aliphatic heterocycles. The molecule has 1 N–H and O–H groups in total. The van der Waals surface area contributed by atoms with E-state index in [4.69, 9.17) is 16.0 Å². The minimum absolute atomic E-state index is 0.145. The van der Waals surface area contributed by atoms with E-state index >= 15 is 0 Å². The Bertz CT molecular complexity index is 343. The molecule has 0 spiro atoms. The fourth-order valence-electron chi connectivity index (χ4n) is 1.79. The average molecular weight is 258 g/mol. The van der Waals surface area contributed by atoms with Gasteiger partial charge >= 0.3 is 0 Å². The molecule has 4 heteroatoms. The molecule has 3 nitrogen and oxygen atoms in total. The zero-order chi connectivity index (χ0) is 12.7. The minimum atomic E-state index is -0.145. The van der Waals surface area contributed by atoms with Crippen LogP contribution in [-0.4, -0.2) is 18.3 Å². The number of rotatable bonds is 7. The number of hydrogen-bond donors (Lipinski definition) is 1. The Balaban J connectivity index is 2.40. The SMILES string of the molecule is CCCC(CCCl)CNC(=O)c1ccc(C)o1. The Labute approximate surface area is 108 Å². The summed E-state index contributed by atoms with van der Waals surface area (Å²) in [4.78, 5) is 11.7. The molecule has 0 saturated carbocycles. The molecule has 0 aromatic carbocycles. The van der Waals surface area contributed by atoms with Crippen LogP contribution in [0.3, 0.4) is 0 Å². The van der Waals surface area contributed by atoms with E-state index in [9.17, 15) is 4.79 Å². The summed E-state index contributed by atoms with van der Waals surface area (Å²) in [5, 5.41) is 2.89. The second-order valence-corrected chi connectivity index (χ2v) is 4.63. The van der Waals surface area contributed by atoms with Crippen molar-refractivity contribution in [3.8, 4) is 0 Å². The van der Waals surface area contributed by atoms with Gasteiger partial charge in [0.2, 0.25) is 0 Å². The van der Waals surface area contributed by atoms with Crippen molar-refractivity contribution in [2.45, 2.75) is 33.1 Å². The van der Waals surface area contributed by atoms with Gasteiger partial charge in [-0.15, -0.1) is 11.6 Å². The monoisotopic (exact) mass is 257 g/mol. The lowest BCUT2D eigenvalue weighted by atomic mass is 10.0. The highest BCUT2D eigenvalue weighted by molar-refractivity contribution is 6.17. The van der Waals surface area contributed by atoms with Gasteiger partial charge in [0.05, 0.1) is 0 Å². The summed E-state index contributed by atoms with van der Waals surface area (Å²) >= 11 is 5.74. The van der Waals surface area contributed by atoms with Gasteiger partial charge in [0, 0.05) is 12.4 Å². The summed E-state index contributed by atoms with van der Waals surface area (Å²) in [6, 6.07) is 3.48. The molecular weight excluding hydrogens is 238 g/mol. The first-order valence-corrected chi connectivity index (χ1v) is 6.61. The normalized spacial score (nSPS) is 12.4. The van der Waals surface area contributed by atoms with Gasteiger partial charge in [-0.3, -0.25) is 4.79 Å². The molecule has 0 aliphatic rings. The van der Waals surface area contributed by atoms with Gasteiger partial charge in [-0.2, -0.15) is 0 Å². The second kappa shape index (κ2) is 7.38. The Morgan fingerprint density at radius 3 is 2.76 bits per heavy atom. The van der Waals surface area contributed by atoms with Crippen molar-refractivity contribution >= 4 is 17.5 Å². The Morgan fingerprint density at radius 1 is 1.47 bits per heavy atom. The molecule has 0 aliphatic carbocycles. The number of furan rings is 1. The fourth-order valence-corrected chi connectivity index (χ4v) is 2.10.